The molecule has 0 unspecified atom stereocenters. The number of halogens is 3. The van der Waals surface area contributed by atoms with Gasteiger partial charge in [0.25, 0.3) is 0 Å². The van der Waals surface area contributed by atoms with Crippen molar-refractivity contribution >= 4 is 48.2 Å². The van der Waals surface area contributed by atoms with Gasteiger partial charge in [0, 0.05) is 21.5 Å². The van der Waals surface area contributed by atoms with E-state index in [4.69, 9.17) is 14.5 Å². The number of unbranched alkanes of at least 4 members (excludes halogenated alkanes) is 1. The largest absolute Gasteiger partial charge is 1.00 e. The number of alkyl halides is 2. The quantitative estimate of drug-likeness (QED) is 0.0829. The fourth-order valence-corrected chi connectivity index (χ4v) is 6.52. The Morgan fingerprint density at radius 2 is 1.40 bits per heavy atom. The summed E-state index contributed by atoms with van der Waals surface area (Å²) in [6.45, 7) is 2.37. The van der Waals surface area contributed by atoms with E-state index in [0.717, 1.165) is 30.0 Å². The van der Waals surface area contributed by atoms with Crippen LogP contribution >= 0.6 is 42.9 Å². The van der Waals surface area contributed by atoms with Crippen molar-refractivity contribution in [3.8, 4) is 16.9 Å². The number of hydrogen-bond acceptors (Lipinski definition) is 4. The van der Waals surface area contributed by atoms with E-state index < -0.39 is 26.4 Å². The van der Waals surface area contributed by atoms with Gasteiger partial charge in [-0.25, -0.2) is 0 Å². The SMILES string of the molecule is CCCCOc1ccc(-c2ccc(CSCc3ccc(C(F)(F)P(=O)(O)O)c(Br)c3)cc2)cc1P(=O)(O)O.[H-].[H-].[H-].[H-].[Na+].[Na+].[Na+].[Na+]. The molecule has 0 atom stereocenters. The molecule has 0 fully saturated rings. The second kappa shape index (κ2) is 20.7. The smallest absolute Gasteiger partial charge is 1.00 e. The minimum absolute atomic E-state index is 0. The van der Waals surface area contributed by atoms with Crippen LogP contribution in [0, 0.1) is 0 Å². The van der Waals surface area contributed by atoms with Gasteiger partial charge in [-0.15, -0.1) is 0 Å². The Bertz CT molecular complexity index is 1400. The van der Waals surface area contributed by atoms with Crippen molar-refractivity contribution in [1.82, 2.24) is 0 Å². The van der Waals surface area contributed by atoms with Gasteiger partial charge in [0.05, 0.1) is 6.61 Å². The third kappa shape index (κ3) is 13.2. The minimum atomic E-state index is -5.65. The molecule has 0 amide bonds. The van der Waals surface area contributed by atoms with Gasteiger partial charge in [-0.2, -0.15) is 20.5 Å². The Balaban J connectivity index is -0.000000500. The molecule has 0 aliphatic rings. The second-order valence-corrected chi connectivity index (χ2v) is 13.6. The van der Waals surface area contributed by atoms with Crippen molar-refractivity contribution in [2.45, 2.75) is 36.9 Å². The van der Waals surface area contributed by atoms with Crippen LogP contribution in [-0.4, -0.2) is 26.2 Å². The molecule has 3 aromatic carbocycles. The molecule has 0 saturated carbocycles. The first-order valence-corrected chi connectivity index (χ1v) is 16.6. The van der Waals surface area contributed by atoms with Gasteiger partial charge in [0.2, 0.25) is 0 Å². The van der Waals surface area contributed by atoms with E-state index in [9.17, 15) is 27.7 Å². The Hall–Kier alpha value is 2.45. The molecular formula is C25H31BrF2Na4O7P2S. The first kappa shape index (κ1) is 46.6. The van der Waals surface area contributed by atoms with Crippen molar-refractivity contribution in [1.29, 1.82) is 0 Å². The first-order chi connectivity index (χ1) is 17.7. The van der Waals surface area contributed by atoms with E-state index in [-0.39, 0.29) is 139 Å². The third-order valence-corrected chi connectivity index (χ3v) is 9.26. The van der Waals surface area contributed by atoms with E-state index in [0.29, 0.717) is 29.2 Å². The summed E-state index contributed by atoms with van der Waals surface area (Å²) >= 11 is 4.51. The minimum Gasteiger partial charge on any atom is -1.00 e. The van der Waals surface area contributed by atoms with E-state index in [2.05, 4.69) is 15.9 Å². The summed E-state index contributed by atoms with van der Waals surface area (Å²) < 4.78 is 56.7. The fourth-order valence-electron chi connectivity index (χ4n) is 3.50. The predicted octanol–water partition coefficient (Wildman–Crippen LogP) is -4.78. The molecule has 0 aromatic heterocycles. The zero-order valence-corrected chi connectivity index (χ0v) is 36.5. The molecule has 0 bridgehead atoms. The molecule has 42 heavy (non-hydrogen) atoms. The molecule has 3 aromatic rings. The number of benzene rings is 3. The van der Waals surface area contributed by atoms with Gasteiger partial charge < -0.3 is 30.0 Å². The summed E-state index contributed by atoms with van der Waals surface area (Å²) in [5, 5.41) is -0.151. The molecule has 17 heteroatoms. The summed E-state index contributed by atoms with van der Waals surface area (Å²) in [7, 11) is -10.2. The monoisotopic (exact) mass is 746 g/mol. The molecule has 0 heterocycles. The first-order valence-electron chi connectivity index (χ1n) is 11.5. The van der Waals surface area contributed by atoms with Crippen molar-refractivity contribution < 1.29 is 166 Å². The maximum atomic E-state index is 14.0. The molecule has 0 radical (unpaired) electrons. The average molecular weight is 747 g/mol. The average Bonchev–Trinajstić information content (AvgIpc) is 2.83. The van der Waals surface area contributed by atoms with Crippen LogP contribution in [0.25, 0.3) is 11.1 Å². The van der Waals surface area contributed by atoms with E-state index in [1.807, 2.05) is 31.2 Å². The predicted molar refractivity (Wildman–Crippen MR) is 153 cm³/mol. The molecule has 214 valence electrons. The third-order valence-electron chi connectivity index (χ3n) is 5.58. The van der Waals surface area contributed by atoms with Gasteiger partial charge in [0.15, 0.2) is 0 Å². The molecule has 3 rings (SSSR count). The Labute approximate surface area is 351 Å². The van der Waals surface area contributed by atoms with Crippen molar-refractivity contribution in [2.75, 3.05) is 6.61 Å². The Morgan fingerprint density at radius 3 is 1.93 bits per heavy atom. The van der Waals surface area contributed by atoms with E-state index >= 15 is 0 Å². The molecular weight excluding hydrogens is 716 g/mol. The molecule has 0 spiro atoms. The maximum absolute atomic E-state index is 14.0. The van der Waals surface area contributed by atoms with Gasteiger partial charge >= 0.3 is 139 Å². The van der Waals surface area contributed by atoms with Gasteiger partial charge in [-0.3, -0.25) is 9.13 Å². The molecule has 4 N–H and O–H groups in total. The van der Waals surface area contributed by atoms with Crippen LogP contribution in [0.4, 0.5) is 8.78 Å². The summed E-state index contributed by atoms with van der Waals surface area (Å²) in [5.41, 5.74) is -1.94. The number of rotatable bonds is 12. The Morgan fingerprint density at radius 1 is 0.857 bits per heavy atom. The van der Waals surface area contributed by atoms with Crippen LogP contribution in [-0.2, 0) is 26.3 Å². The van der Waals surface area contributed by atoms with Crippen LogP contribution in [0.2, 0.25) is 0 Å². The Kier molecular flexibility index (Phi) is 23.0. The van der Waals surface area contributed by atoms with E-state index in [1.165, 1.54) is 30.0 Å². The zero-order valence-electron chi connectivity index (χ0n) is 28.3. The normalized spacial score (nSPS) is 11.3. The van der Waals surface area contributed by atoms with Gasteiger partial charge in [0.1, 0.15) is 11.1 Å². The standard InChI is InChI=1S/C25H27BrF2O7P2S.4Na.4H/c1-2-3-12-35-23-11-9-20(14-24(23)36(29,30)31)19-7-4-17(5-8-19)15-38-16-18-6-10-21(22(26)13-18)25(27,28)37(32,33)34;;;;;;;;/h4-11,13-14H,2-3,12,15-16H2,1H3,(H2,29,30,31)(H2,32,33,34);;;;;;;;/q;4*+1;4*-1. The summed E-state index contributed by atoms with van der Waals surface area (Å²) in [6.07, 6.45) is 1.67. The molecule has 0 aliphatic carbocycles. The van der Waals surface area contributed by atoms with Crippen molar-refractivity contribution in [3.05, 3.63) is 81.8 Å². The summed E-state index contributed by atoms with van der Waals surface area (Å²) in [6, 6.07) is 16.1. The molecule has 7 nitrogen and oxygen atoms in total. The van der Waals surface area contributed by atoms with Gasteiger partial charge in [-0.05, 0) is 46.9 Å². The number of ether oxygens (including phenoxy) is 1. The van der Waals surface area contributed by atoms with Crippen LogP contribution in [0.1, 0.15) is 42.2 Å². The van der Waals surface area contributed by atoms with Gasteiger partial charge in [-0.1, -0.05) is 71.7 Å². The van der Waals surface area contributed by atoms with Crippen LogP contribution in [0.5, 0.6) is 5.75 Å². The summed E-state index contributed by atoms with van der Waals surface area (Å²) in [4.78, 5) is 37.5. The summed E-state index contributed by atoms with van der Waals surface area (Å²) in [5.74, 6) is 1.26. The number of thioether (sulfide) groups is 1. The molecule has 0 saturated heterocycles. The molecule has 0 aliphatic heterocycles. The van der Waals surface area contributed by atoms with Crippen LogP contribution < -0.4 is 128 Å². The van der Waals surface area contributed by atoms with Crippen molar-refractivity contribution in [3.63, 3.8) is 0 Å². The van der Waals surface area contributed by atoms with Crippen LogP contribution in [0.15, 0.2) is 65.1 Å². The van der Waals surface area contributed by atoms with Crippen molar-refractivity contribution in [2.24, 2.45) is 0 Å². The van der Waals surface area contributed by atoms with Crippen LogP contribution in [0.3, 0.4) is 0 Å². The zero-order chi connectivity index (χ0) is 28.1. The fraction of sp³-hybridized carbons (Fsp3) is 0.280. The topological polar surface area (TPSA) is 124 Å². The maximum Gasteiger partial charge on any atom is 1.00 e. The second-order valence-electron chi connectivity index (χ2n) is 8.52. The number of hydrogen-bond donors (Lipinski definition) is 4. The van der Waals surface area contributed by atoms with E-state index in [1.54, 1.807) is 12.1 Å².